The van der Waals surface area contributed by atoms with Crippen molar-refractivity contribution in [1.82, 2.24) is 43.6 Å². The highest BCUT2D eigenvalue weighted by molar-refractivity contribution is 6.75. The maximum atomic E-state index is 6.62. The fourth-order valence-electron chi connectivity index (χ4n) is 13.7. The molecule has 0 aromatic carbocycles. The van der Waals surface area contributed by atoms with Crippen LogP contribution in [0, 0.1) is 0 Å². The van der Waals surface area contributed by atoms with E-state index in [1.165, 1.54) is 0 Å². The quantitative estimate of drug-likeness (QED) is 0.0804. The minimum Gasteiger partial charge on any atom is -0.456 e. The molecule has 33 heteroatoms. The zero-order valence-corrected chi connectivity index (χ0v) is 66.9. The summed E-state index contributed by atoms with van der Waals surface area (Å²) in [5.74, 6) is 0.769. The van der Waals surface area contributed by atoms with Gasteiger partial charge in [-0.1, -0.05) is 119 Å². The van der Waals surface area contributed by atoms with Crippen molar-refractivity contribution in [3.05, 3.63) is 33.3 Å². The normalized spacial score (nSPS) is 29.3. The summed E-state index contributed by atoms with van der Waals surface area (Å²) in [7, 11) is -5.87. The minimum absolute atomic E-state index is 0. The number of hydrogen-bond donors (Lipinski definition) is 3. The third-order valence-corrected chi connectivity index (χ3v) is 37.0. The van der Waals surface area contributed by atoms with Crippen LogP contribution >= 0.6 is 34.8 Å². The molecule has 6 aromatic rings. The van der Waals surface area contributed by atoms with E-state index in [1.54, 1.807) is 18.2 Å². The van der Waals surface area contributed by atoms with E-state index in [2.05, 4.69) is 117 Å². The first kappa shape index (κ1) is 83.2. The van der Waals surface area contributed by atoms with E-state index >= 15 is 0 Å². The maximum Gasteiger partial charge on any atom is 0.301 e. The van der Waals surface area contributed by atoms with Gasteiger partial charge < -0.3 is 87.3 Å². The fraction of sp³-hybridized carbons (Fsp3) is 0.750. The Labute approximate surface area is 637 Å². The highest BCUT2D eigenvalue weighted by Crippen LogP contribution is 2.46. The molecular formula is C72H117Cl3N12O15Si3. The largest absolute Gasteiger partial charge is 0.456 e. The minimum atomic E-state index is -1.96. The molecule has 9 saturated heterocycles. The molecule has 0 aliphatic carbocycles. The van der Waals surface area contributed by atoms with Crippen LogP contribution in [0.2, 0.25) is 69.5 Å². The molecule has 15 atom stereocenters. The summed E-state index contributed by atoms with van der Waals surface area (Å²) in [4.78, 5) is 27.6. The molecule has 0 amide bonds. The molecule has 3 unspecified atom stereocenters. The molecule has 0 bridgehead atoms. The first-order valence-corrected chi connectivity index (χ1v) is 46.1. The summed E-state index contributed by atoms with van der Waals surface area (Å²) >= 11 is 18.7. The summed E-state index contributed by atoms with van der Waals surface area (Å²) in [6, 6.07) is 6.41. The zero-order chi connectivity index (χ0) is 72.8. The molecule has 15 rings (SSSR count). The van der Waals surface area contributed by atoms with Crippen LogP contribution in [0.15, 0.2) is 18.2 Å². The van der Waals surface area contributed by atoms with Crippen LogP contribution in [0.4, 0.5) is 17.5 Å². The Morgan fingerprint density at radius 2 is 0.590 bits per heavy atom. The lowest BCUT2D eigenvalue weighted by Crippen LogP contribution is -2.47. The zero-order valence-electron chi connectivity index (χ0n) is 61.6. The van der Waals surface area contributed by atoms with Crippen LogP contribution in [0.25, 0.3) is 33.5 Å². The van der Waals surface area contributed by atoms with E-state index in [4.69, 9.17) is 137 Å². The van der Waals surface area contributed by atoms with Gasteiger partial charge in [-0.05, 0) is 130 Å². The summed E-state index contributed by atoms with van der Waals surface area (Å²) in [6.07, 6.45) is 5.74. The van der Waals surface area contributed by atoms with Crippen LogP contribution in [-0.4, -0.2) is 201 Å². The van der Waals surface area contributed by atoms with Crippen molar-refractivity contribution in [2.75, 3.05) is 76.7 Å². The number of nitrogen functional groups attached to an aromatic ring is 3. The Bertz CT molecular complexity index is 3550. The van der Waals surface area contributed by atoms with Crippen molar-refractivity contribution in [3.63, 3.8) is 0 Å². The number of halogens is 3. The number of pyridine rings is 3. The summed E-state index contributed by atoms with van der Waals surface area (Å²) in [5.41, 5.74) is 21.7. The average Bonchev–Trinajstić information content (AvgIpc) is 1.63. The number of aromatic nitrogens is 9. The molecular weight excluding hydrogens is 1460 g/mol. The maximum absolute atomic E-state index is 6.62. The number of imidazole rings is 3. The van der Waals surface area contributed by atoms with Crippen molar-refractivity contribution >= 4 is 111 Å². The van der Waals surface area contributed by atoms with E-state index < -0.39 is 25.0 Å². The molecule has 9 aliphatic rings. The lowest BCUT2D eigenvalue weighted by Gasteiger charge is -2.39. The van der Waals surface area contributed by atoms with Crippen LogP contribution < -0.4 is 31.4 Å². The smallest absolute Gasteiger partial charge is 0.301 e. The number of anilines is 3. The predicted molar refractivity (Wildman–Crippen MR) is 415 cm³/mol. The third-order valence-electron chi connectivity index (χ3n) is 22.6. The highest BCUT2D eigenvalue weighted by Gasteiger charge is 2.56. The number of ether oxygens (including phenoxy) is 12. The number of nitrogens with two attached hydrogens (primary N) is 3. The van der Waals surface area contributed by atoms with Crippen LogP contribution in [0.3, 0.4) is 0 Å². The Morgan fingerprint density at radius 1 is 0.362 bits per heavy atom. The molecule has 9 aliphatic heterocycles. The second-order valence-corrected chi connectivity index (χ2v) is 48.3. The lowest BCUT2D eigenvalue weighted by molar-refractivity contribution is -0.0408. The Hall–Kier alpha value is -4.30. The first-order valence-electron chi connectivity index (χ1n) is 36.2. The number of nitrogens with zero attached hydrogens (tertiary/aromatic N) is 9. The Balaban J connectivity index is 0.000000166. The van der Waals surface area contributed by atoms with Gasteiger partial charge in [0, 0.05) is 19.8 Å². The Morgan fingerprint density at radius 3 is 0.810 bits per heavy atom. The van der Waals surface area contributed by atoms with Crippen LogP contribution in [0.1, 0.15) is 161 Å². The van der Waals surface area contributed by atoms with Crippen LogP contribution in [-0.2, 0) is 55.9 Å². The molecule has 15 heterocycles. The summed E-state index contributed by atoms with van der Waals surface area (Å²) in [5, 5.41) is 1.42. The standard InChI is InChI=1S/3C23H35ClN4O5Si.3CH4/c3*1-23(2,3)34(4,5)33-16-12-31-18-15(11-30-19(16)18)32-22-26-14-10-13(24)20(25)27-21(14)28(22)17-8-6-7-9-29-17;;;/h3*10,15-19H,6-9,11-12H2,1-5H3,(H2,25,27);3*1H4/t3*15-,16-,17?,18-,19-;;;/m111.../s1. The summed E-state index contributed by atoms with van der Waals surface area (Å²) < 4.78 is 99.9. The fourth-order valence-corrected chi connectivity index (χ4v) is 18.1. The lowest BCUT2D eigenvalue weighted by atomic mass is 10.1. The van der Waals surface area contributed by atoms with Crippen molar-refractivity contribution in [2.24, 2.45) is 0 Å². The highest BCUT2D eigenvalue weighted by atomic mass is 35.5. The van der Waals surface area contributed by atoms with Gasteiger partial charge in [-0.25, -0.2) is 15.0 Å². The van der Waals surface area contributed by atoms with Gasteiger partial charge in [0.2, 0.25) is 0 Å². The van der Waals surface area contributed by atoms with Gasteiger partial charge in [-0.3, -0.25) is 13.7 Å². The van der Waals surface area contributed by atoms with Gasteiger partial charge >= 0.3 is 18.0 Å². The monoisotopic (exact) mass is 1580 g/mol. The second kappa shape index (κ2) is 32.6. The molecule has 0 saturated carbocycles. The van der Waals surface area contributed by atoms with Crippen LogP contribution in [0.5, 0.6) is 18.0 Å². The molecule has 6 N–H and O–H groups in total. The number of rotatable bonds is 15. The van der Waals surface area contributed by atoms with E-state index in [0.29, 0.717) is 126 Å². The second-order valence-electron chi connectivity index (χ2n) is 32.9. The van der Waals surface area contributed by atoms with Gasteiger partial charge in [-0.15, -0.1) is 0 Å². The van der Waals surface area contributed by atoms with Crippen molar-refractivity contribution in [1.29, 1.82) is 0 Å². The first-order chi connectivity index (χ1) is 48.1. The van der Waals surface area contributed by atoms with Crippen molar-refractivity contribution in [3.8, 4) is 18.0 Å². The van der Waals surface area contributed by atoms with Gasteiger partial charge in [0.1, 0.15) is 89.3 Å². The van der Waals surface area contributed by atoms with E-state index in [-0.39, 0.29) is 147 Å². The van der Waals surface area contributed by atoms with Crippen molar-refractivity contribution in [2.45, 2.75) is 289 Å². The molecule has 27 nitrogen and oxygen atoms in total. The molecule has 105 heavy (non-hydrogen) atoms. The van der Waals surface area contributed by atoms with Gasteiger partial charge in [0.05, 0.1) is 73.0 Å². The average molecular weight is 1580 g/mol. The van der Waals surface area contributed by atoms with E-state index in [0.717, 1.165) is 57.8 Å². The van der Waals surface area contributed by atoms with Gasteiger partial charge in [0.15, 0.2) is 60.2 Å². The van der Waals surface area contributed by atoms with E-state index in [9.17, 15) is 0 Å². The molecule has 0 spiro atoms. The molecule has 6 aromatic heterocycles. The topological polar surface area (TPSA) is 309 Å². The third kappa shape index (κ3) is 17.1. The Kier molecular flexibility index (Phi) is 25.8. The number of hydrogen-bond acceptors (Lipinski definition) is 24. The van der Waals surface area contributed by atoms with E-state index in [1.807, 2.05) is 13.7 Å². The molecule has 0 radical (unpaired) electrons. The van der Waals surface area contributed by atoms with Crippen molar-refractivity contribution < 1.29 is 70.1 Å². The van der Waals surface area contributed by atoms with Gasteiger partial charge in [-0.2, -0.15) is 15.0 Å². The summed E-state index contributed by atoms with van der Waals surface area (Å²) in [6.45, 7) is 38.3. The molecule has 588 valence electrons. The molecule has 9 fully saturated rings. The number of fused-ring (bicyclic) bond motifs is 6. The van der Waals surface area contributed by atoms with Gasteiger partial charge in [0.25, 0.3) is 0 Å². The SMILES string of the molecule is C.C.C.CC(C)(C)[Si](C)(C)O[C@@H]1CO[C@H]2[C@@H]1OC[C@H]2Oc1nc2cc(Cl)c(N)nc2n1C1CCCCO1.CC(C)(C)[Si](C)(C)O[C@@H]1CO[C@H]2[C@@H]1OC[C@H]2Oc1nc2cc(Cl)c(N)nc2n1C1CCCCO1.CC(C)(C)[Si](C)(C)O[C@@H]1CO[C@H]2[C@@H]1OC[C@H]2Oc1nc2cc(Cl)c(N)nc2n1C1CCCCO1. The predicted octanol–water partition coefficient (Wildman–Crippen LogP) is 14.8.